The maximum atomic E-state index is 13.9. The van der Waals surface area contributed by atoms with Gasteiger partial charge in [0.05, 0.1) is 11.6 Å². The summed E-state index contributed by atoms with van der Waals surface area (Å²) >= 11 is 1.42. The Morgan fingerprint density at radius 3 is 2.62 bits per heavy atom. The lowest BCUT2D eigenvalue weighted by Gasteiger charge is -2.30. The van der Waals surface area contributed by atoms with Gasteiger partial charge < -0.3 is 19.7 Å². The number of hydrogen-bond acceptors (Lipinski definition) is 6. The van der Waals surface area contributed by atoms with E-state index < -0.39 is 5.92 Å². The van der Waals surface area contributed by atoms with E-state index in [1.165, 1.54) is 23.5 Å². The number of hydrogen-bond donors (Lipinski definition) is 1. The first-order chi connectivity index (χ1) is 17.8. The monoisotopic (exact) mass is 529 g/mol. The highest BCUT2D eigenvalue weighted by atomic mass is 32.1. The minimum absolute atomic E-state index is 0.0930. The Kier molecular flexibility index (Phi) is 8.50. The van der Waals surface area contributed by atoms with Crippen LogP contribution in [0.1, 0.15) is 46.7 Å². The summed E-state index contributed by atoms with van der Waals surface area (Å²) in [4.78, 5) is 31.4. The van der Waals surface area contributed by atoms with Gasteiger partial charge in [0.25, 0.3) is 11.8 Å². The summed E-state index contributed by atoms with van der Waals surface area (Å²) in [5.74, 6) is -3.18. The standard InChI is InChI=1S/C27H29F2N3O4S/c1-27(28,29)20-7-5-6-19(16-20)21-8-3-4-9-22(21)30-24(33)23-17-37-25(31-23)18-10-12-32(13-11-18)26(34)36-15-14-35-2/h3-9,16-18H,10-15H2,1-2H3,(H,30,33). The molecule has 1 N–H and O–H groups in total. The van der Waals surface area contributed by atoms with Crippen LogP contribution in [0.15, 0.2) is 53.9 Å². The zero-order chi connectivity index (χ0) is 26.4. The van der Waals surface area contributed by atoms with Crippen LogP contribution in [0.4, 0.5) is 19.3 Å². The number of amides is 2. The van der Waals surface area contributed by atoms with E-state index in [2.05, 4.69) is 10.3 Å². The highest BCUT2D eigenvalue weighted by Crippen LogP contribution is 2.34. The summed E-state index contributed by atoms with van der Waals surface area (Å²) in [7, 11) is 1.55. The van der Waals surface area contributed by atoms with E-state index in [9.17, 15) is 18.4 Å². The van der Waals surface area contributed by atoms with Crippen molar-refractivity contribution in [3.05, 3.63) is 70.2 Å². The summed E-state index contributed by atoms with van der Waals surface area (Å²) in [6, 6.07) is 13.2. The van der Waals surface area contributed by atoms with Crippen LogP contribution < -0.4 is 5.32 Å². The Hall–Kier alpha value is -3.37. The molecule has 3 aromatic rings. The third kappa shape index (κ3) is 6.69. The fourth-order valence-electron chi connectivity index (χ4n) is 4.18. The maximum Gasteiger partial charge on any atom is 0.409 e. The number of nitrogens with one attached hydrogen (secondary N) is 1. The minimum Gasteiger partial charge on any atom is -0.447 e. The number of carbonyl (C=O) groups excluding carboxylic acids is 2. The number of ether oxygens (including phenoxy) is 2. The van der Waals surface area contributed by atoms with Crippen molar-refractivity contribution in [3.63, 3.8) is 0 Å². The largest absolute Gasteiger partial charge is 0.447 e. The topological polar surface area (TPSA) is 80.8 Å². The molecule has 1 aromatic heterocycles. The zero-order valence-electron chi connectivity index (χ0n) is 20.7. The molecule has 10 heteroatoms. The maximum absolute atomic E-state index is 13.9. The molecule has 196 valence electrons. The van der Waals surface area contributed by atoms with E-state index >= 15 is 0 Å². The predicted molar refractivity (Wildman–Crippen MR) is 138 cm³/mol. The van der Waals surface area contributed by atoms with E-state index in [1.54, 1.807) is 53.8 Å². The van der Waals surface area contributed by atoms with Crippen LogP contribution in [0, 0.1) is 0 Å². The molecule has 7 nitrogen and oxygen atoms in total. The third-order valence-corrected chi connectivity index (χ3v) is 7.23. The number of carbonyl (C=O) groups is 2. The molecule has 0 atom stereocenters. The number of anilines is 1. The smallest absolute Gasteiger partial charge is 0.409 e. The highest BCUT2D eigenvalue weighted by Gasteiger charge is 2.28. The summed E-state index contributed by atoms with van der Waals surface area (Å²) in [5.41, 5.74) is 1.94. The Labute approximate surface area is 218 Å². The number of thiazole rings is 1. The molecule has 1 aliphatic rings. The quantitative estimate of drug-likeness (QED) is 0.355. The van der Waals surface area contributed by atoms with Gasteiger partial charge in [0.1, 0.15) is 12.3 Å². The number of nitrogens with zero attached hydrogens (tertiary/aromatic N) is 2. The van der Waals surface area contributed by atoms with Gasteiger partial charge in [0, 0.05) is 55.2 Å². The van der Waals surface area contributed by atoms with Crippen molar-refractivity contribution in [1.82, 2.24) is 9.88 Å². The number of methoxy groups -OCH3 is 1. The molecule has 1 fully saturated rings. The highest BCUT2D eigenvalue weighted by molar-refractivity contribution is 7.10. The second-order valence-corrected chi connectivity index (χ2v) is 9.80. The summed E-state index contributed by atoms with van der Waals surface area (Å²) in [6.07, 6.45) is 1.12. The number of likely N-dealkylation sites (tertiary alicyclic amines) is 1. The molecule has 4 rings (SSSR count). The fourth-order valence-corrected chi connectivity index (χ4v) is 5.15. The number of rotatable bonds is 8. The van der Waals surface area contributed by atoms with Gasteiger partial charge in [-0.25, -0.2) is 18.6 Å². The van der Waals surface area contributed by atoms with E-state index in [-0.39, 0.29) is 30.1 Å². The van der Waals surface area contributed by atoms with E-state index in [1.807, 2.05) is 0 Å². The summed E-state index contributed by atoms with van der Waals surface area (Å²) in [6.45, 7) is 2.55. The lowest BCUT2D eigenvalue weighted by Crippen LogP contribution is -2.38. The number of halogens is 2. The van der Waals surface area contributed by atoms with Crippen LogP contribution in [0.3, 0.4) is 0 Å². The number of alkyl halides is 2. The number of para-hydroxylation sites is 1. The van der Waals surface area contributed by atoms with Crippen molar-refractivity contribution in [2.24, 2.45) is 0 Å². The lowest BCUT2D eigenvalue weighted by molar-refractivity contribution is 0.0175. The molecule has 0 radical (unpaired) electrons. The van der Waals surface area contributed by atoms with Gasteiger partial charge in [-0.05, 0) is 30.5 Å². The second-order valence-electron chi connectivity index (χ2n) is 8.91. The van der Waals surface area contributed by atoms with Crippen molar-refractivity contribution in [2.75, 3.05) is 38.7 Å². The molecule has 0 unspecified atom stereocenters. The van der Waals surface area contributed by atoms with Gasteiger partial charge in [0.15, 0.2) is 0 Å². The summed E-state index contributed by atoms with van der Waals surface area (Å²) < 4.78 is 37.8. The first kappa shape index (κ1) is 26.7. The molecule has 0 bridgehead atoms. The first-order valence-corrected chi connectivity index (χ1v) is 12.9. The number of benzene rings is 2. The van der Waals surface area contributed by atoms with Gasteiger partial charge >= 0.3 is 6.09 Å². The van der Waals surface area contributed by atoms with Crippen LogP contribution in [0.25, 0.3) is 11.1 Å². The summed E-state index contributed by atoms with van der Waals surface area (Å²) in [5, 5.41) is 5.45. The van der Waals surface area contributed by atoms with E-state index in [0.717, 1.165) is 24.8 Å². The molecule has 1 aliphatic heterocycles. The Morgan fingerprint density at radius 2 is 1.89 bits per heavy atom. The van der Waals surface area contributed by atoms with Crippen molar-refractivity contribution >= 4 is 29.0 Å². The van der Waals surface area contributed by atoms with Gasteiger partial charge in [-0.1, -0.05) is 36.4 Å². The molecule has 2 aromatic carbocycles. The SMILES string of the molecule is COCCOC(=O)N1CCC(c2nc(C(=O)Nc3ccccc3-c3cccc(C(C)(F)F)c3)cs2)CC1. The van der Waals surface area contributed by atoms with Crippen molar-refractivity contribution in [2.45, 2.75) is 31.6 Å². The Bertz CT molecular complexity index is 1240. The zero-order valence-corrected chi connectivity index (χ0v) is 21.5. The van der Waals surface area contributed by atoms with Gasteiger partial charge in [-0.3, -0.25) is 4.79 Å². The normalized spacial score (nSPS) is 14.4. The Morgan fingerprint density at radius 1 is 1.14 bits per heavy atom. The molecule has 0 spiro atoms. The van der Waals surface area contributed by atoms with Crippen LogP contribution in [0.2, 0.25) is 0 Å². The molecule has 2 amide bonds. The van der Waals surface area contributed by atoms with E-state index in [4.69, 9.17) is 9.47 Å². The van der Waals surface area contributed by atoms with Gasteiger partial charge in [-0.15, -0.1) is 11.3 Å². The molecule has 0 saturated carbocycles. The molecular formula is C27H29F2N3O4S. The average Bonchev–Trinajstić information content (AvgIpc) is 3.39. The fraction of sp³-hybridized carbons (Fsp3) is 0.370. The lowest BCUT2D eigenvalue weighted by atomic mass is 9.98. The minimum atomic E-state index is -2.97. The van der Waals surface area contributed by atoms with Gasteiger partial charge in [-0.2, -0.15) is 0 Å². The molecule has 37 heavy (non-hydrogen) atoms. The molecule has 2 heterocycles. The van der Waals surface area contributed by atoms with Crippen LogP contribution >= 0.6 is 11.3 Å². The van der Waals surface area contributed by atoms with Crippen molar-refractivity contribution in [3.8, 4) is 11.1 Å². The third-order valence-electron chi connectivity index (χ3n) is 6.23. The van der Waals surface area contributed by atoms with E-state index in [0.29, 0.717) is 42.2 Å². The van der Waals surface area contributed by atoms with Gasteiger partial charge in [0.2, 0.25) is 0 Å². The first-order valence-electron chi connectivity index (χ1n) is 12.0. The van der Waals surface area contributed by atoms with Crippen LogP contribution in [0.5, 0.6) is 0 Å². The van der Waals surface area contributed by atoms with Crippen molar-refractivity contribution in [1.29, 1.82) is 0 Å². The predicted octanol–water partition coefficient (Wildman–Crippen LogP) is 6.14. The van der Waals surface area contributed by atoms with Crippen LogP contribution in [-0.4, -0.2) is 55.3 Å². The molecular weight excluding hydrogens is 500 g/mol. The molecule has 1 saturated heterocycles. The average molecular weight is 530 g/mol. The Balaban J connectivity index is 1.40. The molecule has 0 aliphatic carbocycles. The van der Waals surface area contributed by atoms with Crippen LogP contribution in [-0.2, 0) is 15.4 Å². The second kappa shape index (κ2) is 11.8. The van der Waals surface area contributed by atoms with Crippen molar-refractivity contribution < 1.29 is 27.8 Å². The number of aromatic nitrogens is 1. The number of piperidine rings is 1.